The van der Waals surface area contributed by atoms with E-state index in [4.69, 9.17) is 10.5 Å². The first-order valence-corrected chi connectivity index (χ1v) is 10.0. The number of carbonyl (C=O) groups is 1. The summed E-state index contributed by atoms with van der Waals surface area (Å²) in [5, 5.41) is 0. The summed E-state index contributed by atoms with van der Waals surface area (Å²) in [7, 11) is -3.58. The van der Waals surface area contributed by atoms with E-state index in [-0.39, 0.29) is 22.9 Å². The number of nitrogens with one attached hydrogen (secondary N) is 1. The lowest BCUT2D eigenvalue weighted by molar-refractivity contribution is 0.0776. The molecular weight excluding hydrogens is 342 g/mol. The van der Waals surface area contributed by atoms with Crippen LogP contribution in [-0.4, -0.2) is 57.6 Å². The van der Waals surface area contributed by atoms with E-state index in [2.05, 4.69) is 4.72 Å². The maximum absolute atomic E-state index is 12.3. The molecule has 0 unspecified atom stereocenters. The van der Waals surface area contributed by atoms with E-state index in [0.29, 0.717) is 38.2 Å². The Hall–Kier alpha value is -1.48. The van der Waals surface area contributed by atoms with E-state index in [0.717, 1.165) is 6.42 Å². The van der Waals surface area contributed by atoms with Crippen molar-refractivity contribution in [3.05, 3.63) is 29.8 Å². The topological polar surface area (TPSA) is 102 Å². The van der Waals surface area contributed by atoms with Crippen LogP contribution < -0.4 is 10.5 Å². The largest absolute Gasteiger partial charge is 0.379 e. The second-order valence-corrected chi connectivity index (χ2v) is 8.26. The molecule has 0 radical (unpaired) electrons. The van der Waals surface area contributed by atoms with Gasteiger partial charge in [0.05, 0.1) is 11.0 Å². The summed E-state index contributed by atoms with van der Waals surface area (Å²) < 4.78 is 32.4. The Morgan fingerprint density at radius 3 is 2.60 bits per heavy atom. The zero-order valence-corrected chi connectivity index (χ0v) is 15.6. The van der Waals surface area contributed by atoms with Gasteiger partial charge in [0.2, 0.25) is 10.0 Å². The summed E-state index contributed by atoms with van der Waals surface area (Å²) in [6, 6.07) is 6.02. The molecule has 1 aromatic carbocycles. The van der Waals surface area contributed by atoms with Crippen LogP contribution in [0.1, 0.15) is 37.0 Å². The lowest BCUT2D eigenvalue weighted by Gasteiger charge is -2.16. The van der Waals surface area contributed by atoms with Gasteiger partial charge in [0.1, 0.15) is 0 Å². The number of benzene rings is 1. The highest BCUT2D eigenvalue weighted by molar-refractivity contribution is 7.89. The van der Waals surface area contributed by atoms with Crippen molar-refractivity contribution in [3.63, 3.8) is 0 Å². The van der Waals surface area contributed by atoms with Gasteiger partial charge >= 0.3 is 0 Å². The molecule has 3 N–H and O–H groups in total. The number of ether oxygens (including phenoxy) is 1. The molecule has 1 atom stereocenters. The minimum atomic E-state index is -3.58. The molecule has 140 valence electrons. The van der Waals surface area contributed by atoms with E-state index in [1.807, 2.05) is 13.8 Å². The first-order chi connectivity index (χ1) is 11.8. The molecule has 0 aliphatic carbocycles. The monoisotopic (exact) mass is 369 g/mol. The van der Waals surface area contributed by atoms with Crippen molar-refractivity contribution in [1.29, 1.82) is 0 Å². The van der Waals surface area contributed by atoms with Crippen molar-refractivity contribution in [2.75, 3.05) is 26.2 Å². The van der Waals surface area contributed by atoms with Gasteiger partial charge in [-0.1, -0.05) is 0 Å². The fourth-order valence-corrected chi connectivity index (χ4v) is 3.69. The fourth-order valence-electron chi connectivity index (χ4n) is 2.61. The quantitative estimate of drug-likeness (QED) is 0.665. The van der Waals surface area contributed by atoms with Crippen molar-refractivity contribution in [3.8, 4) is 0 Å². The second kappa shape index (κ2) is 8.75. The Bertz CT molecular complexity index is 674. The smallest absolute Gasteiger partial charge is 0.253 e. The van der Waals surface area contributed by atoms with E-state index in [1.54, 1.807) is 17.0 Å². The molecule has 0 spiro atoms. The summed E-state index contributed by atoms with van der Waals surface area (Å²) in [6.07, 6.45) is 1.53. The van der Waals surface area contributed by atoms with Crippen LogP contribution in [-0.2, 0) is 14.8 Å². The second-order valence-electron chi connectivity index (χ2n) is 6.50. The van der Waals surface area contributed by atoms with Gasteiger partial charge in [0.25, 0.3) is 5.91 Å². The molecule has 0 bridgehead atoms. The number of sulfonamides is 1. The van der Waals surface area contributed by atoms with Crippen molar-refractivity contribution in [2.24, 2.45) is 5.73 Å². The van der Waals surface area contributed by atoms with Gasteiger partial charge in [-0.3, -0.25) is 4.79 Å². The Morgan fingerprint density at radius 2 is 2.04 bits per heavy atom. The minimum absolute atomic E-state index is 0.0208. The Morgan fingerprint density at radius 1 is 1.36 bits per heavy atom. The standard InChI is InChI=1S/C17H27N3O4S/c1-13(2)24-11-3-9-19-25(22,23)16-6-4-14(5-7-16)17(21)20-10-8-15(18)12-20/h4-7,13,15,19H,3,8-12,18H2,1-2H3/t15-/m0/s1. The van der Waals surface area contributed by atoms with Gasteiger partial charge in [0, 0.05) is 37.8 Å². The van der Waals surface area contributed by atoms with E-state index in [9.17, 15) is 13.2 Å². The predicted octanol–water partition coefficient (Wildman–Crippen LogP) is 0.953. The van der Waals surface area contributed by atoms with Crippen molar-refractivity contribution >= 4 is 15.9 Å². The van der Waals surface area contributed by atoms with Crippen molar-refractivity contribution in [2.45, 2.75) is 43.7 Å². The summed E-state index contributed by atoms with van der Waals surface area (Å²) >= 11 is 0. The fraction of sp³-hybridized carbons (Fsp3) is 0.588. The SMILES string of the molecule is CC(C)OCCCNS(=O)(=O)c1ccc(C(=O)N2CC[C@H](N)C2)cc1. The molecule has 25 heavy (non-hydrogen) atoms. The molecule has 1 aliphatic heterocycles. The average molecular weight is 369 g/mol. The average Bonchev–Trinajstić information content (AvgIpc) is 3.00. The van der Waals surface area contributed by atoms with Gasteiger partial charge in [-0.15, -0.1) is 0 Å². The molecule has 2 rings (SSSR count). The van der Waals surface area contributed by atoms with Gasteiger partial charge in [-0.25, -0.2) is 13.1 Å². The molecule has 8 heteroatoms. The highest BCUT2D eigenvalue weighted by Gasteiger charge is 2.24. The molecule has 0 aromatic heterocycles. The summed E-state index contributed by atoms with van der Waals surface area (Å²) in [4.78, 5) is 14.2. The number of hydrogen-bond acceptors (Lipinski definition) is 5. The molecule has 1 aliphatic rings. The van der Waals surface area contributed by atoms with Gasteiger partial charge in [-0.2, -0.15) is 0 Å². The first kappa shape index (κ1) is 19.8. The third-order valence-electron chi connectivity index (χ3n) is 3.99. The van der Waals surface area contributed by atoms with Gasteiger partial charge < -0.3 is 15.4 Å². The van der Waals surface area contributed by atoms with Crippen molar-refractivity contribution < 1.29 is 17.9 Å². The van der Waals surface area contributed by atoms with Crippen LogP contribution in [0.4, 0.5) is 0 Å². The molecule has 0 saturated carbocycles. The predicted molar refractivity (Wildman–Crippen MR) is 95.8 cm³/mol. The number of hydrogen-bond donors (Lipinski definition) is 2. The maximum Gasteiger partial charge on any atom is 0.253 e. The normalized spacial score (nSPS) is 18.1. The van der Waals surface area contributed by atoms with Crippen LogP contribution in [0.25, 0.3) is 0 Å². The molecule has 1 amide bonds. The van der Waals surface area contributed by atoms with E-state index >= 15 is 0 Å². The Balaban J connectivity index is 1.90. The highest BCUT2D eigenvalue weighted by atomic mass is 32.2. The lowest BCUT2D eigenvalue weighted by atomic mass is 10.2. The molecule has 1 heterocycles. The lowest BCUT2D eigenvalue weighted by Crippen LogP contribution is -2.32. The summed E-state index contributed by atoms with van der Waals surface area (Å²) in [6.45, 7) is 5.86. The van der Waals surface area contributed by atoms with E-state index in [1.165, 1.54) is 12.1 Å². The molecule has 1 saturated heterocycles. The van der Waals surface area contributed by atoms with E-state index < -0.39 is 10.0 Å². The van der Waals surface area contributed by atoms with Crippen LogP contribution in [0.5, 0.6) is 0 Å². The van der Waals surface area contributed by atoms with Crippen LogP contribution in [0.15, 0.2) is 29.2 Å². The van der Waals surface area contributed by atoms with Crippen LogP contribution >= 0.6 is 0 Å². The Kier molecular flexibility index (Phi) is 6.95. The summed E-state index contributed by atoms with van der Waals surface area (Å²) in [5.74, 6) is -0.115. The number of nitrogens with two attached hydrogens (primary N) is 1. The van der Waals surface area contributed by atoms with Crippen LogP contribution in [0, 0.1) is 0 Å². The third kappa shape index (κ3) is 5.78. The number of carbonyl (C=O) groups excluding carboxylic acids is 1. The number of likely N-dealkylation sites (tertiary alicyclic amines) is 1. The molecule has 7 nitrogen and oxygen atoms in total. The molecule has 1 aromatic rings. The molecule has 1 fully saturated rings. The highest BCUT2D eigenvalue weighted by Crippen LogP contribution is 2.15. The summed E-state index contributed by atoms with van der Waals surface area (Å²) in [5.41, 5.74) is 6.29. The van der Waals surface area contributed by atoms with Crippen LogP contribution in [0.3, 0.4) is 0 Å². The minimum Gasteiger partial charge on any atom is -0.379 e. The van der Waals surface area contributed by atoms with Crippen LogP contribution in [0.2, 0.25) is 0 Å². The number of nitrogens with zero attached hydrogens (tertiary/aromatic N) is 1. The third-order valence-corrected chi connectivity index (χ3v) is 5.46. The van der Waals surface area contributed by atoms with Gasteiger partial charge in [0.15, 0.2) is 0 Å². The maximum atomic E-state index is 12.3. The first-order valence-electron chi connectivity index (χ1n) is 8.56. The zero-order chi connectivity index (χ0) is 18.4. The number of rotatable bonds is 8. The molecular formula is C17H27N3O4S. The van der Waals surface area contributed by atoms with Gasteiger partial charge in [-0.05, 0) is 51.0 Å². The van der Waals surface area contributed by atoms with Crippen molar-refractivity contribution in [1.82, 2.24) is 9.62 Å². The zero-order valence-electron chi connectivity index (χ0n) is 14.8. The Labute approximate surface area is 149 Å². The number of amides is 1.